The molecule has 25 heavy (non-hydrogen) atoms. The van der Waals surface area contributed by atoms with Crippen LogP contribution in [0.2, 0.25) is 0 Å². The van der Waals surface area contributed by atoms with E-state index >= 15 is 0 Å². The molecule has 1 heterocycles. The van der Waals surface area contributed by atoms with E-state index < -0.39 is 11.9 Å². The summed E-state index contributed by atoms with van der Waals surface area (Å²) in [5.41, 5.74) is 1.57. The number of benzene rings is 2. The number of hydrogen-bond acceptors (Lipinski definition) is 3. The van der Waals surface area contributed by atoms with E-state index in [-0.39, 0.29) is 16.8 Å². The second kappa shape index (κ2) is 6.72. The zero-order valence-corrected chi connectivity index (χ0v) is 13.0. The van der Waals surface area contributed by atoms with Crippen LogP contribution in [0.5, 0.6) is 0 Å². The largest absolute Gasteiger partial charge is 0.478 e. The molecule has 3 rings (SSSR count). The molecule has 0 saturated carbocycles. The van der Waals surface area contributed by atoms with Crippen LogP contribution in [-0.4, -0.2) is 22.0 Å². The molecule has 0 aliphatic rings. The maximum Gasteiger partial charge on any atom is 0.337 e. The highest BCUT2D eigenvalue weighted by atomic mass is 16.4. The van der Waals surface area contributed by atoms with Gasteiger partial charge in [-0.3, -0.25) is 4.79 Å². The van der Waals surface area contributed by atoms with E-state index in [1.807, 2.05) is 30.3 Å². The molecule has 6 heteroatoms. The maximum atomic E-state index is 12.4. The van der Waals surface area contributed by atoms with Crippen LogP contribution in [0.4, 0.5) is 5.69 Å². The molecule has 0 fully saturated rings. The third-order valence-corrected chi connectivity index (χ3v) is 3.69. The van der Waals surface area contributed by atoms with Gasteiger partial charge in [-0.25, -0.2) is 4.79 Å². The van der Waals surface area contributed by atoms with Crippen LogP contribution in [0.25, 0.3) is 17.0 Å². The van der Waals surface area contributed by atoms with E-state index in [2.05, 4.69) is 10.3 Å². The van der Waals surface area contributed by atoms with E-state index in [0.29, 0.717) is 5.56 Å². The Morgan fingerprint density at radius 1 is 1.12 bits per heavy atom. The van der Waals surface area contributed by atoms with Crippen LogP contribution >= 0.6 is 0 Å². The quantitative estimate of drug-likeness (QED) is 0.503. The van der Waals surface area contributed by atoms with Crippen molar-refractivity contribution in [2.75, 3.05) is 5.32 Å². The molecule has 3 N–H and O–H groups in total. The van der Waals surface area contributed by atoms with E-state index in [9.17, 15) is 14.9 Å². The van der Waals surface area contributed by atoms with Crippen molar-refractivity contribution in [3.05, 3.63) is 71.4 Å². The van der Waals surface area contributed by atoms with Crippen molar-refractivity contribution in [1.29, 1.82) is 5.26 Å². The van der Waals surface area contributed by atoms with Crippen LogP contribution in [0.1, 0.15) is 15.9 Å². The summed E-state index contributed by atoms with van der Waals surface area (Å²) in [7, 11) is 0. The molecule has 0 bridgehead atoms. The zero-order chi connectivity index (χ0) is 17.8. The number of nitrogens with one attached hydrogen (secondary N) is 2. The molecule has 3 aromatic rings. The first kappa shape index (κ1) is 16.0. The predicted octanol–water partition coefficient (Wildman–Crippen LogP) is 3.41. The van der Waals surface area contributed by atoms with Gasteiger partial charge in [0.1, 0.15) is 11.6 Å². The summed E-state index contributed by atoms with van der Waals surface area (Å²) in [4.78, 5) is 26.7. The molecular formula is C19H13N3O3. The summed E-state index contributed by atoms with van der Waals surface area (Å²) in [6.45, 7) is 0. The second-order valence-electron chi connectivity index (χ2n) is 5.26. The number of aromatic carboxylic acids is 1. The Kier molecular flexibility index (Phi) is 4.31. The SMILES string of the molecule is N#C/C(=C\c1c[nH]c2ccccc12)C(=O)Nc1ccccc1C(=O)O. The first-order chi connectivity index (χ1) is 12.1. The average molecular weight is 331 g/mol. The number of hydrogen-bond donors (Lipinski definition) is 3. The third-order valence-electron chi connectivity index (χ3n) is 3.69. The minimum atomic E-state index is -1.16. The van der Waals surface area contributed by atoms with Crippen LogP contribution < -0.4 is 5.32 Å². The van der Waals surface area contributed by atoms with E-state index in [4.69, 9.17) is 5.11 Å². The minimum absolute atomic E-state index is 0.0414. The topological polar surface area (TPSA) is 106 Å². The van der Waals surface area contributed by atoms with Crippen molar-refractivity contribution in [2.45, 2.75) is 0 Å². The zero-order valence-electron chi connectivity index (χ0n) is 13.0. The number of carboxylic acids is 1. The van der Waals surface area contributed by atoms with Gasteiger partial charge in [-0.2, -0.15) is 5.26 Å². The molecule has 0 saturated heterocycles. The number of carbonyl (C=O) groups excluding carboxylic acids is 1. The fourth-order valence-electron chi connectivity index (χ4n) is 2.49. The van der Waals surface area contributed by atoms with Gasteiger partial charge in [0, 0.05) is 22.7 Å². The highest BCUT2D eigenvalue weighted by Crippen LogP contribution is 2.21. The molecule has 0 aliphatic carbocycles. The van der Waals surface area contributed by atoms with Crippen molar-refractivity contribution in [3.63, 3.8) is 0 Å². The van der Waals surface area contributed by atoms with Gasteiger partial charge in [-0.15, -0.1) is 0 Å². The summed E-state index contributed by atoms with van der Waals surface area (Å²) in [6.07, 6.45) is 3.18. The van der Waals surface area contributed by atoms with Crippen LogP contribution in [0, 0.1) is 11.3 Å². The molecule has 2 aromatic carbocycles. The van der Waals surface area contributed by atoms with Crippen molar-refractivity contribution in [1.82, 2.24) is 4.98 Å². The predicted molar refractivity (Wildman–Crippen MR) is 93.9 cm³/mol. The van der Waals surface area contributed by atoms with Gasteiger partial charge in [0.2, 0.25) is 0 Å². The molecule has 0 aliphatic heterocycles. The van der Waals surface area contributed by atoms with Gasteiger partial charge in [-0.1, -0.05) is 30.3 Å². The number of aromatic amines is 1. The number of aromatic nitrogens is 1. The van der Waals surface area contributed by atoms with Gasteiger partial charge < -0.3 is 15.4 Å². The standard InChI is InChI=1S/C19H13N3O3/c20-10-12(9-13-11-21-16-7-3-1-5-14(13)16)18(23)22-17-8-4-2-6-15(17)19(24)25/h1-9,11,21H,(H,22,23)(H,24,25)/b12-9+. The Labute approximate surface area is 143 Å². The number of H-pyrrole nitrogens is 1. The monoisotopic (exact) mass is 331 g/mol. The van der Waals surface area contributed by atoms with Crippen molar-refractivity contribution >= 4 is 34.5 Å². The highest BCUT2D eigenvalue weighted by molar-refractivity contribution is 6.12. The van der Waals surface area contributed by atoms with Crippen molar-refractivity contribution in [3.8, 4) is 6.07 Å². The summed E-state index contributed by atoms with van der Waals surface area (Å²) >= 11 is 0. The number of rotatable bonds is 4. The van der Waals surface area contributed by atoms with E-state index in [1.54, 1.807) is 18.3 Å². The van der Waals surface area contributed by atoms with Crippen LogP contribution in [-0.2, 0) is 4.79 Å². The van der Waals surface area contributed by atoms with Gasteiger partial charge in [-0.05, 0) is 24.3 Å². The number of anilines is 1. The van der Waals surface area contributed by atoms with Gasteiger partial charge >= 0.3 is 5.97 Å². The fourth-order valence-corrected chi connectivity index (χ4v) is 2.49. The Morgan fingerprint density at radius 3 is 2.60 bits per heavy atom. The molecule has 0 atom stereocenters. The molecule has 1 amide bonds. The molecule has 122 valence electrons. The lowest BCUT2D eigenvalue weighted by Gasteiger charge is -2.07. The van der Waals surface area contributed by atoms with Crippen molar-refractivity contribution in [2.24, 2.45) is 0 Å². The van der Waals surface area contributed by atoms with Crippen molar-refractivity contribution < 1.29 is 14.7 Å². The second-order valence-corrected chi connectivity index (χ2v) is 5.26. The molecule has 6 nitrogen and oxygen atoms in total. The number of fused-ring (bicyclic) bond motifs is 1. The Morgan fingerprint density at radius 2 is 1.84 bits per heavy atom. The lowest BCUT2D eigenvalue weighted by atomic mass is 10.1. The normalized spacial score (nSPS) is 11.1. The number of carbonyl (C=O) groups is 2. The third kappa shape index (κ3) is 3.26. The summed E-state index contributed by atoms with van der Waals surface area (Å²) in [6, 6.07) is 15.4. The molecular weight excluding hydrogens is 318 g/mol. The smallest absolute Gasteiger partial charge is 0.337 e. The first-order valence-corrected chi connectivity index (χ1v) is 7.41. The highest BCUT2D eigenvalue weighted by Gasteiger charge is 2.15. The van der Waals surface area contributed by atoms with Gasteiger partial charge in [0.05, 0.1) is 11.3 Å². The Hall–Kier alpha value is -3.85. The van der Waals surface area contributed by atoms with E-state index in [0.717, 1.165) is 10.9 Å². The van der Waals surface area contributed by atoms with E-state index in [1.165, 1.54) is 18.2 Å². The van der Waals surface area contributed by atoms with Gasteiger partial charge in [0.25, 0.3) is 5.91 Å². The number of carboxylic acid groups (broad SMARTS) is 1. The van der Waals surface area contributed by atoms with Crippen LogP contribution in [0.3, 0.4) is 0 Å². The molecule has 1 aromatic heterocycles. The molecule has 0 unspecified atom stereocenters. The number of nitriles is 1. The first-order valence-electron chi connectivity index (χ1n) is 7.41. The lowest BCUT2D eigenvalue weighted by molar-refractivity contribution is -0.112. The Bertz CT molecular complexity index is 1040. The Balaban J connectivity index is 1.93. The summed E-state index contributed by atoms with van der Waals surface area (Å²) in [5, 5.41) is 21.8. The summed E-state index contributed by atoms with van der Waals surface area (Å²) < 4.78 is 0. The lowest BCUT2D eigenvalue weighted by Crippen LogP contribution is -2.16. The van der Waals surface area contributed by atoms with Gasteiger partial charge in [0.15, 0.2) is 0 Å². The summed E-state index contributed by atoms with van der Waals surface area (Å²) in [5.74, 6) is -1.82. The minimum Gasteiger partial charge on any atom is -0.478 e. The molecule has 0 radical (unpaired) electrons. The average Bonchev–Trinajstić information content (AvgIpc) is 3.03. The number of amides is 1. The molecule has 0 spiro atoms. The number of para-hydroxylation sites is 2. The van der Waals surface area contributed by atoms with Crippen LogP contribution in [0.15, 0.2) is 60.3 Å². The number of nitrogens with zero attached hydrogens (tertiary/aromatic N) is 1. The fraction of sp³-hybridized carbons (Fsp3) is 0. The maximum absolute atomic E-state index is 12.4.